The minimum absolute atomic E-state index is 0.0725. The van der Waals surface area contributed by atoms with E-state index in [1.807, 2.05) is 0 Å². The number of hydrogen-bond acceptors (Lipinski definition) is 4. The van der Waals surface area contributed by atoms with Crippen LogP contribution in [-0.4, -0.2) is 26.1 Å². The van der Waals surface area contributed by atoms with Crippen molar-refractivity contribution in [2.75, 3.05) is 0 Å². The highest BCUT2D eigenvalue weighted by Crippen LogP contribution is 2.01. The fourth-order valence-electron chi connectivity index (χ4n) is 0.927. The Bertz CT molecular complexity index is 258. The Morgan fingerprint density at radius 2 is 2.31 bits per heavy atom. The Labute approximate surface area is 77.6 Å². The lowest BCUT2D eigenvalue weighted by molar-refractivity contribution is 0.276. The quantitative estimate of drug-likeness (QED) is 0.676. The molecule has 0 amide bonds. The van der Waals surface area contributed by atoms with Crippen molar-refractivity contribution in [1.82, 2.24) is 15.0 Å². The van der Waals surface area contributed by atoms with Gasteiger partial charge in [0.15, 0.2) is 0 Å². The molecule has 3 N–H and O–H groups in total. The average molecular weight is 184 g/mol. The molecule has 1 aromatic heterocycles. The predicted octanol–water partition coefficient (Wildman–Crippen LogP) is -0.246. The molecule has 0 radical (unpaired) electrons. The molecule has 1 atom stereocenters. The maximum absolute atomic E-state index is 8.75. The molecule has 13 heavy (non-hydrogen) atoms. The van der Waals surface area contributed by atoms with Gasteiger partial charge < -0.3 is 10.8 Å². The Hall–Kier alpha value is -0.940. The summed E-state index contributed by atoms with van der Waals surface area (Å²) >= 11 is 0. The summed E-state index contributed by atoms with van der Waals surface area (Å²) < 4.78 is 1.66. The summed E-state index contributed by atoms with van der Waals surface area (Å²) in [5.41, 5.74) is 6.43. The van der Waals surface area contributed by atoms with E-state index in [1.165, 1.54) is 0 Å². The molecule has 0 saturated carbocycles. The van der Waals surface area contributed by atoms with Crippen LogP contribution in [-0.2, 0) is 13.2 Å². The summed E-state index contributed by atoms with van der Waals surface area (Å²) in [5, 5.41) is 16.3. The number of aliphatic hydroxyl groups excluding tert-OH is 1. The number of nitrogens with two attached hydrogens (primary N) is 1. The first-order valence-corrected chi connectivity index (χ1v) is 4.39. The fraction of sp³-hybridized carbons (Fsp3) is 0.750. The number of aliphatic hydroxyl groups is 1. The van der Waals surface area contributed by atoms with E-state index < -0.39 is 0 Å². The van der Waals surface area contributed by atoms with Crippen molar-refractivity contribution in [2.24, 2.45) is 11.7 Å². The number of nitrogens with zero attached hydrogens (tertiary/aromatic N) is 3. The summed E-state index contributed by atoms with van der Waals surface area (Å²) in [4.78, 5) is 0. The SMILES string of the molecule is CC(C)[C@@H](N)Cn1cc(CO)nn1. The molecule has 74 valence electrons. The molecule has 0 saturated heterocycles. The molecule has 1 heterocycles. The van der Waals surface area contributed by atoms with Gasteiger partial charge in [-0.15, -0.1) is 5.10 Å². The summed E-state index contributed by atoms with van der Waals surface area (Å²) in [6.45, 7) is 4.70. The van der Waals surface area contributed by atoms with Gasteiger partial charge in [-0.05, 0) is 5.92 Å². The molecule has 0 spiro atoms. The van der Waals surface area contributed by atoms with Crippen LogP contribution in [0.15, 0.2) is 6.20 Å². The Kier molecular flexibility index (Phi) is 3.39. The van der Waals surface area contributed by atoms with Crippen molar-refractivity contribution in [3.63, 3.8) is 0 Å². The molecule has 0 aliphatic heterocycles. The minimum atomic E-state index is -0.0725. The predicted molar refractivity (Wildman–Crippen MR) is 48.8 cm³/mol. The lowest BCUT2D eigenvalue weighted by Gasteiger charge is -2.14. The number of hydrogen-bond donors (Lipinski definition) is 2. The van der Waals surface area contributed by atoms with Crippen LogP contribution in [0.4, 0.5) is 0 Å². The summed E-state index contributed by atoms with van der Waals surface area (Å²) in [6.07, 6.45) is 1.71. The van der Waals surface area contributed by atoms with Gasteiger partial charge in [-0.2, -0.15) is 0 Å². The summed E-state index contributed by atoms with van der Waals surface area (Å²) in [7, 11) is 0. The largest absolute Gasteiger partial charge is 0.390 e. The zero-order valence-corrected chi connectivity index (χ0v) is 8.01. The normalized spacial score (nSPS) is 13.6. The van der Waals surface area contributed by atoms with Crippen LogP contribution in [0.1, 0.15) is 19.5 Å². The first-order valence-electron chi connectivity index (χ1n) is 4.39. The van der Waals surface area contributed by atoms with Crippen molar-refractivity contribution in [3.05, 3.63) is 11.9 Å². The topological polar surface area (TPSA) is 77.0 Å². The van der Waals surface area contributed by atoms with Crippen LogP contribution in [0, 0.1) is 5.92 Å². The third-order valence-corrected chi connectivity index (χ3v) is 2.00. The Balaban J connectivity index is 2.53. The van der Waals surface area contributed by atoms with Gasteiger partial charge >= 0.3 is 0 Å². The lowest BCUT2D eigenvalue weighted by Crippen LogP contribution is -2.31. The van der Waals surface area contributed by atoms with E-state index in [4.69, 9.17) is 10.8 Å². The van der Waals surface area contributed by atoms with Crippen molar-refractivity contribution < 1.29 is 5.11 Å². The van der Waals surface area contributed by atoms with Crippen molar-refractivity contribution in [1.29, 1.82) is 0 Å². The maximum Gasteiger partial charge on any atom is 0.108 e. The molecule has 0 aromatic carbocycles. The molecule has 0 fully saturated rings. The zero-order valence-electron chi connectivity index (χ0n) is 8.01. The van der Waals surface area contributed by atoms with E-state index in [0.29, 0.717) is 18.2 Å². The van der Waals surface area contributed by atoms with Gasteiger partial charge in [0.1, 0.15) is 5.69 Å². The number of rotatable bonds is 4. The van der Waals surface area contributed by atoms with Crippen LogP contribution >= 0.6 is 0 Å². The van der Waals surface area contributed by atoms with E-state index in [2.05, 4.69) is 24.2 Å². The first kappa shape index (κ1) is 10.1. The fourth-order valence-corrected chi connectivity index (χ4v) is 0.927. The van der Waals surface area contributed by atoms with E-state index in [-0.39, 0.29) is 12.6 Å². The second kappa shape index (κ2) is 4.34. The highest BCUT2D eigenvalue weighted by atomic mass is 16.3. The highest BCUT2D eigenvalue weighted by Gasteiger charge is 2.09. The molecule has 1 rings (SSSR count). The molecule has 0 aliphatic rings. The first-order chi connectivity index (χ1) is 6.13. The van der Waals surface area contributed by atoms with Crippen LogP contribution in [0.5, 0.6) is 0 Å². The van der Waals surface area contributed by atoms with Gasteiger partial charge in [0.05, 0.1) is 19.3 Å². The minimum Gasteiger partial charge on any atom is -0.390 e. The smallest absolute Gasteiger partial charge is 0.108 e. The molecular formula is C8H16N4O. The monoisotopic (exact) mass is 184 g/mol. The van der Waals surface area contributed by atoms with Gasteiger partial charge in [-0.1, -0.05) is 19.1 Å². The van der Waals surface area contributed by atoms with Crippen molar-refractivity contribution in [3.8, 4) is 0 Å². The Morgan fingerprint density at radius 1 is 1.62 bits per heavy atom. The summed E-state index contributed by atoms with van der Waals surface area (Å²) in [6, 6.07) is 0.0771. The Morgan fingerprint density at radius 3 is 2.77 bits per heavy atom. The highest BCUT2D eigenvalue weighted by molar-refractivity contribution is 4.89. The standard InChI is InChI=1S/C8H16N4O/c1-6(2)8(9)4-12-3-7(5-13)10-11-12/h3,6,8,13H,4-5,9H2,1-2H3/t8-/m0/s1. The molecule has 0 bridgehead atoms. The lowest BCUT2D eigenvalue weighted by atomic mass is 10.1. The average Bonchev–Trinajstić information content (AvgIpc) is 2.52. The van der Waals surface area contributed by atoms with Gasteiger partial charge in [-0.25, -0.2) is 0 Å². The van der Waals surface area contributed by atoms with Crippen LogP contribution < -0.4 is 5.73 Å². The second-order valence-electron chi connectivity index (χ2n) is 3.50. The van der Waals surface area contributed by atoms with Gasteiger partial charge in [0, 0.05) is 6.04 Å². The van der Waals surface area contributed by atoms with E-state index >= 15 is 0 Å². The molecule has 0 unspecified atom stereocenters. The van der Waals surface area contributed by atoms with Crippen LogP contribution in [0.2, 0.25) is 0 Å². The summed E-state index contributed by atoms with van der Waals surface area (Å²) in [5.74, 6) is 0.418. The van der Waals surface area contributed by atoms with Gasteiger partial charge in [0.25, 0.3) is 0 Å². The maximum atomic E-state index is 8.75. The van der Waals surface area contributed by atoms with Crippen LogP contribution in [0.25, 0.3) is 0 Å². The van der Waals surface area contributed by atoms with Crippen molar-refractivity contribution >= 4 is 0 Å². The molecule has 5 nitrogen and oxygen atoms in total. The van der Waals surface area contributed by atoms with Crippen molar-refractivity contribution in [2.45, 2.75) is 33.0 Å². The molecule has 5 heteroatoms. The van der Waals surface area contributed by atoms with E-state index in [0.717, 1.165) is 0 Å². The third kappa shape index (κ3) is 2.78. The van der Waals surface area contributed by atoms with Gasteiger partial charge in [-0.3, -0.25) is 4.68 Å². The zero-order chi connectivity index (χ0) is 9.84. The third-order valence-electron chi connectivity index (χ3n) is 2.00. The van der Waals surface area contributed by atoms with Crippen LogP contribution in [0.3, 0.4) is 0 Å². The van der Waals surface area contributed by atoms with Gasteiger partial charge in [0.2, 0.25) is 0 Å². The molecular weight excluding hydrogens is 168 g/mol. The van der Waals surface area contributed by atoms with E-state index in [1.54, 1.807) is 10.9 Å². The second-order valence-corrected chi connectivity index (χ2v) is 3.50. The molecule has 1 aromatic rings. The van der Waals surface area contributed by atoms with E-state index in [9.17, 15) is 0 Å². The molecule has 0 aliphatic carbocycles. The number of aromatic nitrogens is 3.